The van der Waals surface area contributed by atoms with Gasteiger partial charge in [-0.25, -0.2) is 0 Å². The van der Waals surface area contributed by atoms with Gasteiger partial charge in [0.1, 0.15) is 0 Å². The van der Waals surface area contributed by atoms with Crippen molar-refractivity contribution in [3.05, 3.63) is 0 Å². The van der Waals surface area contributed by atoms with Crippen LogP contribution in [0.5, 0.6) is 0 Å². The van der Waals surface area contributed by atoms with E-state index in [1.807, 2.05) is 0 Å². The van der Waals surface area contributed by atoms with Crippen LogP contribution < -0.4 is 5.32 Å². The average molecular weight is 240 g/mol. The summed E-state index contributed by atoms with van der Waals surface area (Å²) in [7, 11) is 2.28. The minimum atomic E-state index is 0.371. The van der Waals surface area contributed by atoms with E-state index in [9.17, 15) is 0 Å². The van der Waals surface area contributed by atoms with Gasteiger partial charge in [-0.05, 0) is 57.2 Å². The van der Waals surface area contributed by atoms with Crippen molar-refractivity contribution in [2.45, 2.75) is 59.4 Å². The molecule has 0 aromatic carbocycles. The zero-order valence-electron chi connectivity index (χ0n) is 12.6. The minimum Gasteiger partial charge on any atom is -0.313 e. The van der Waals surface area contributed by atoms with Gasteiger partial charge in [-0.3, -0.25) is 0 Å². The fraction of sp³-hybridized carbons (Fsp3) is 1.00. The maximum atomic E-state index is 3.71. The summed E-state index contributed by atoms with van der Waals surface area (Å²) in [4.78, 5) is 2.52. The van der Waals surface area contributed by atoms with E-state index in [2.05, 4.69) is 45.0 Å². The van der Waals surface area contributed by atoms with E-state index < -0.39 is 0 Å². The standard InChI is InChI=1S/C15H32N2/c1-6-10-16-14(15(2,3)4)9-11-17(5)12-13-7-8-13/h13-14,16H,6-12H2,1-5H3. The lowest BCUT2D eigenvalue weighted by molar-refractivity contribution is 0.219. The molecule has 0 aromatic heterocycles. The van der Waals surface area contributed by atoms with Crippen molar-refractivity contribution in [1.82, 2.24) is 10.2 Å². The van der Waals surface area contributed by atoms with Crippen molar-refractivity contribution in [2.24, 2.45) is 11.3 Å². The van der Waals surface area contributed by atoms with E-state index in [0.717, 1.165) is 12.5 Å². The van der Waals surface area contributed by atoms with Crippen LogP contribution in [0.4, 0.5) is 0 Å². The number of hydrogen-bond acceptors (Lipinski definition) is 2. The van der Waals surface area contributed by atoms with Gasteiger partial charge in [-0.1, -0.05) is 27.7 Å². The summed E-state index contributed by atoms with van der Waals surface area (Å²) >= 11 is 0. The van der Waals surface area contributed by atoms with Gasteiger partial charge in [0.15, 0.2) is 0 Å². The third kappa shape index (κ3) is 6.42. The first-order chi connectivity index (χ1) is 7.93. The highest BCUT2D eigenvalue weighted by atomic mass is 15.1. The molecule has 0 spiro atoms. The maximum absolute atomic E-state index is 3.71. The Bertz CT molecular complexity index is 203. The fourth-order valence-corrected chi connectivity index (χ4v) is 2.34. The van der Waals surface area contributed by atoms with Crippen molar-refractivity contribution in [2.75, 3.05) is 26.7 Å². The van der Waals surface area contributed by atoms with E-state index in [1.54, 1.807) is 0 Å². The Labute approximate surface area is 108 Å². The van der Waals surface area contributed by atoms with Crippen LogP contribution in [0.2, 0.25) is 0 Å². The molecule has 1 saturated carbocycles. The first-order valence-corrected chi connectivity index (χ1v) is 7.35. The fourth-order valence-electron chi connectivity index (χ4n) is 2.34. The van der Waals surface area contributed by atoms with Gasteiger partial charge in [0.2, 0.25) is 0 Å². The Morgan fingerprint density at radius 2 is 1.94 bits per heavy atom. The Morgan fingerprint density at radius 1 is 1.29 bits per heavy atom. The largest absolute Gasteiger partial charge is 0.313 e. The van der Waals surface area contributed by atoms with E-state index in [0.29, 0.717) is 11.5 Å². The molecule has 2 heteroatoms. The van der Waals surface area contributed by atoms with Gasteiger partial charge in [0, 0.05) is 12.6 Å². The van der Waals surface area contributed by atoms with Crippen molar-refractivity contribution < 1.29 is 0 Å². The number of nitrogens with one attached hydrogen (secondary N) is 1. The number of hydrogen-bond donors (Lipinski definition) is 1. The van der Waals surface area contributed by atoms with Crippen LogP contribution >= 0.6 is 0 Å². The first-order valence-electron chi connectivity index (χ1n) is 7.35. The van der Waals surface area contributed by atoms with Crippen LogP contribution in [-0.2, 0) is 0 Å². The third-order valence-corrected chi connectivity index (χ3v) is 3.75. The Balaban J connectivity index is 2.26. The predicted octanol–water partition coefficient (Wildman–Crippen LogP) is 3.13. The molecule has 1 N–H and O–H groups in total. The molecule has 1 aliphatic rings. The van der Waals surface area contributed by atoms with Crippen LogP contribution in [0.3, 0.4) is 0 Å². The minimum absolute atomic E-state index is 0.371. The highest BCUT2D eigenvalue weighted by molar-refractivity contribution is 4.82. The third-order valence-electron chi connectivity index (χ3n) is 3.75. The molecule has 0 aliphatic heterocycles. The van der Waals surface area contributed by atoms with E-state index in [1.165, 1.54) is 38.8 Å². The first kappa shape index (κ1) is 15.0. The monoisotopic (exact) mass is 240 g/mol. The van der Waals surface area contributed by atoms with Crippen LogP contribution in [0.1, 0.15) is 53.4 Å². The Morgan fingerprint density at radius 3 is 2.41 bits per heavy atom. The summed E-state index contributed by atoms with van der Waals surface area (Å²) < 4.78 is 0. The molecule has 0 bridgehead atoms. The average Bonchev–Trinajstić information content (AvgIpc) is 2.99. The van der Waals surface area contributed by atoms with Gasteiger partial charge in [-0.2, -0.15) is 0 Å². The van der Waals surface area contributed by atoms with Crippen LogP contribution in [0, 0.1) is 11.3 Å². The molecule has 1 fully saturated rings. The second kappa shape index (κ2) is 6.75. The van der Waals surface area contributed by atoms with Crippen molar-refractivity contribution in [1.29, 1.82) is 0 Å². The van der Waals surface area contributed by atoms with Gasteiger partial charge in [0.05, 0.1) is 0 Å². The molecule has 0 amide bonds. The van der Waals surface area contributed by atoms with Gasteiger partial charge in [-0.15, -0.1) is 0 Å². The summed E-state index contributed by atoms with van der Waals surface area (Å²) in [6.07, 6.45) is 5.42. The van der Waals surface area contributed by atoms with E-state index in [-0.39, 0.29) is 0 Å². The van der Waals surface area contributed by atoms with Gasteiger partial charge >= 0.3 is 0 Å². The zero-order valence-corrected chi connectivity index (χ0v) is 12.6. The Kier molecular flexibility index (Phi) is 5.94. The highest BCUT2D eigenvalue weighted by Gasteiger charge is 2.26. The summed E-state index contributed by atoms with van der Waals surface area (Å²) in [5, 5.41) is 3.71. The molecule has 1 unspecified atom stereocenters. The van der Waals surface area contributed by atoms with E-state index in [4.69, 9.17) is 0 Å². The smallest absolute Gasteiger partial charge is 0.0128 e. The molecule has 1 aliphatic carbocycles. The molecule has 0 radical (unpaired) electrons. The molecule has 0 saturated heterocycles. The van der Waals surface area contributed by atoms with E-state index >= 15 is 0 Å². The summed E-state index contributed by atoms with van der Waals surface area (Å²) in [5.41, 5.74) is 0.371. The Hall–Kier alpha value is -0.0800. The quantitative estimate of drug-likeness (QED) is 0.701. The summed E-state index contributed by atoms with van der Waals surface area (Å²) in [5.74, 6) is 1.01. The zero-order chi connectivity index (χ0) is 12.9. The predicted molar refractivity (Wildman–Crippen MR) is 76.4 cm³/mol. The molecule has 0 aromatic rings. The molecule has 1 atom stereocenters. The molecular weight excluding hydrogens is 208 g/mol. The molecule has 2 nitrogen and oxygen atoms in total. The maximum Gasteiger partial charge on any atom is 0.0128 e. The molecule has 17 heavy (non-hydrogen) atoms. The molecule has 102 valence electrons. The van der Waals surface area contributed by atoms with Crippen molar-refractivity contribution >= 4 is 0 Å². The van der Waals surface area contributed by atoms with Crippen LogP contribution in [0.15, 0.2) is 0 Å². The highest BCUT2D eigenvalue weighted by Crippen LogP contribution is 2.29. The van der Waals surface area contributed by atoms with Gasteiger partial charge < -0.3 is 10.2 Å². The number of nitrogens with zero attached hydrogens (tertiary/aromatic N) is 1. The molecular formula is C15H32N2. The van der Waals surface area contributed by atoms with Crippen molar-refractivity contribution in [3.63, 3.8) is 0 Å². The summed E-state index contributed by atoms with van der Waals surface area (Å²) in [6.45, 7) is 13.0. The topological polar surface area (TPSA) is 15.3 Å². The summed E-state index contributed by atoms with van der Waals surface area (Å²) in [6, 6.07) is 0.643. The van der Waals surface area contributed by atoms with Gasteiger partial charge in [0.25, 0.3) is 0 Å². The molecule has 1 rings (SSSR count). The van der Waals surface area contributed by atoms with Crippen LogP contribution in [-0.4, -0.2) is 37.6 Å². The van der Waals surface area contributed by atoms with Crippen molar-refractivity contribution in [3.8, 4) is 0 Å². The lowest BCUT2D eigenvalue weighted by Crippen LogP contribution is -2.43. The lowest BCUT2D eigenvalue weighted by Gasteiger charge is -2.33. The SMILES string of the molecule is CCCNC(CCN(C)CC1CC1)C(C)(C)C. The normalized spacial score (nSPS) is 18.7. The second-order valence-corrected chi connectivity index (χ2v) is 6.87. The molecule has 0 heterocycles. The second-order valence-electron chi connectivity index (χ2n) is 6.87. The lowest BCUT2D eigenvalue weighted by atomic mass is 9.84. The number of rotatable bonds is 8. The van der Waals surface area contributed by atoms with Crippen LogP contribution in [0.25, 0.3) is 0 Å².